The van der Waals surface area contributed by atoms with E-state index in [1.165, 1.54) is 7.11 Å². The van der Waals surface area contributed by atoms with Gasteiger partial charge in [-0.2, -0.15) is 5.26 Å². The van der Waals surface area contributed by atoms with Gasteiger partial charge in [-0.05, 0) is 6.07 Å². The predicted molar refractivity (Wildman–Crippen MR) is 59.6 cm³/mol. The van der Waals surface area contributed by atoms with E-state index in [9.17, 15) is 13.6 Å². The van der Waals surface area contributed by atoms with Crippen molar-refractivity contribution in [3.8, 4) is 11.8 Å². The molecule has 1 amide bonds. The van der Waals surface area contributed by atoms with Crippen LogP contribution in [0, 0.1) is 23.0 Å². The van der Waals surface area contributed by atoms with Crippen LogP contribution in [0.3, 0.4) is 0 Å². The van der Waals surface area contributed by atoms with Crippen LogP contribution in [0.15, 0.2) is 12.1 Å². The van der Waals surface area contributed by atoms with Gasteiger partial charge in [-0.3, -0.25) is 4.79 Å². The summed E-state index contributed by atoms with van der Waals surface area (Å²) in [7, 11) is 1.24. The number of nitriles is 1. The van der Waals surface area contributed by atoms with Gasteiger partial charge in [0.25, 0.3) is 0 Å². The zero-order valence-electron chi connectivity index (χ0n) is 9.80. The Labute approximate surface area is 103 Å². The molecule has 18 heavy (non-hydrogen) atoms. The molecule has 0 aliphatic heterocycles. The predicted octanol–water partition coefficient (Wildman–Crippen LogP) is 1.89. The van der Waals surface area contributed by atoms with E-state index in [2.05, 4.69) is 10.1 Å². The Kier molecular flexibility index (Phi) is 5.06. The SMILES string of the molecule is COc1cc(F)c(CNC(=O)CCC#N)cc1F. The molecule has 1 N–H and O–H groups in total. The van der Waals surface area contributed by atoms with Crippen LogP contribution in [-0.4, -0.2) is 13.0 Å². The van der Waals surface area contributed by atoms with E-state index in [4.69, 9.17) is 5.26 Å². The first kappa shape index (κ1) is 13.9. The summed E-state index contributed by atoms with van der Waals surface area (Å²) in [5.41, 5.74) is 0.0265. The highest BCUT2D eigenvalue weighted by Gasteiger charge is 2.11. The molecular formula is C12H12F2N2O2. The number of carbonyl (C=O) groups is 1. The van der Waals surface area contributed by atoms with Crippen molar-refractivity contribution in [2.45, 2.75) is 19.4 Å². The number of halogens is 2. The van der Waals surface area contributed by atoms with Gasteiger partial charge in [0.1, 0.15) is 5.82 Å². The molecule has 4 nitrogen and oxygen atoms in total. The maximum Gasteiger partial charge on any atom is 0.221 e. The Morgan fingerprint density at radius 2 is 2.17 bits per heavy atom. The molecule has 96 valence electrons. The Morgan fingerprint density at radius 1 is 1.44 bits per heavy atom. The summed E-state index contributed by atoms with van der Waals surface area (Å²) in [6, 6.07) is 3.71. The minimum atomic E-state index is -0.694. The number of hydrogen-bond acceptors (Lipinski definition) is 3. The van der Waals surface area contributed by atoms with Crippen LogP contribution in [0.25, 0.3) is 0 Å². The minimum Gasteiger partial charge on any atom is -0.494 e. The van der Waals surface area contributed by atoms with Crippen LogP contribution < -0.4 is 10.1 Å². The lowest BCUT2D eigenvalue weighted by Gasteiger charge is -2.08. The van der Waals surface area contributed by atoms with Crippen molar-refractivity contribution in [2.75, 3.05) is 7.11 Å². The lowest BCUT2D eigenvalue weighted by Crippen LogP contribution is -2.22. The number of nitrogens with one attached hydrogen (secondary N) is 1. The highest BCUT2D eigenvalue weighted by molar-refractivity contribution is 5.76. The number of ether oxygens (including phenoxy) is 1. The fourth-order valence-electron chi connectivity index (χ4n) is 1.31. The van der Waals surface area contributed by atoms with Crippen LogP contribution in [0.2, 0.25) is 0 Å². The van der Waals surface area contributed by atoms with Crippen molar-refractivity contribution in [1.29, 1.82) is 5.26 Å². The molecule has 0 aliphatic carbocycles. The Hall–Kier alpha value is -2.16. The molecule has 0 atom stereocenters. The summed E-state index contributed by atoms with van der Waals surface area (Å²) in [6.45, 7) is -0.128. The van der Waals surface area contributed by atoms with Crippen LogP contribution in [0.4, 0.5) is 8.78 Å². The standard InChI is InChI=1S/C12H12F2N2O2/c1-18-11-6-9(13)8(5-10(11)14)7-16-12(17)3-2-4-15/h5-6H,2-3,7H2,1H3,(H,16,17). The van der Waals surface area contributed by atoms with Crippen molar-refractivity contribution in [3.63, 3.8) is 0 Å². The zero-order valence-corrected chi connectivity index (χ0v) is 9.80. The number of benzene rings is 1. The first-order valence-corrected chi connectivity index (χ1v) is 5.24. The lowest BCUT2D eigenvalue weighted by atomic mass is 10.2. The number of methoxy groups -OCH3 is 1. The van der Waals surface area contributed by atoms with E-state index in [1.54, 1.807) is 0 Å². The number of nitrogens with zero attached hydrogens (tertiary/aromatic N) is 1. The van der Waals surface area contributed by atoms with E-state index in [1.807, 2.05) is 6.07 Å². The van der Waals surface area contributed by atoms with Gasteiger partial charge in [0.05, 0.1) is 13.2 Å². The van der Waals surface area contributed by atoms with E-state index >= 15 is 0 Å². The molecule has 0 saturated carbocycles. The second kappa shape index (κ2) is 6.55. The third kappa shape index (κ3) is 3.70. The molecule has 0 spiro atoms. The summed E-state index contributed by atoms with van der Waals surface area (Å²) in [6.07, 6.45) is 0.127. The maximum absolute atomic E-state index is 13.5. The van der Waals surface area contributed by atoms with E-state index < -0.39 is 11.6 Å². The first-order valence-electron chi connectivity index (χ1n) is 5.24. The van der Waals surface area contributed by atoms with Gasteiger partial charge in [0.2, 0.25) is 5.91 Å². The quantitative estimate of drug-likeness (QED) is 0.872. The average molecular weight is 254 g/mol. The second-order valence-electron chi connectivity index (χ2n) is 3.51. The van der Waals surface area contributed by atoms with Crippen LogP contribution in [0.5, 0.6) is 5.75 Å². The van der Waals surface area contributed by atoms with Crippen molar-refractivity contribution >= 4 is 5.91 Å². The van der Waals surface area contributed by atoms with Gasteiger partial charge < -0.3 is 10.1 Å². The van der Waals surface area contributed by atoms with E-state index in [0.717, 1.165) is 12.1 Å². The molecule has 0 fully saturated rings. The van der Waals surface area contributed by atoms with Crippen molar-refractivity contribution < 1.29 is 18.3 Å². The highest BCUT2D eigenvalue weighted by atomic mass is 19.1. The largest absolute Gasteiger partial charge is 0.494 e. The van der Waals surface area contributed by atoms with Crippen LogP contribution >= 0.6 is 0 Å². The van der Waals surface area contributed by atoms with Crippen LogP contribution in [0.1, 0.15) is 18.4 Å². The van der Waals surface area contributed by atoms with Crippen molar-refractivity contribution in [1.82, 2.24) is 5.32 Å². The van der Waals surface area contributed by atoms with E-state index in [0.29, 0.717) is 0 Å². The van der Waals surface area contributed by atoms with Gasteiger partial charge in [-0.25, -0.2) is 8.78 Å². The Morgan fingerprint density at radius 3 is 2.78 bits per heavy atom. The molecule has 0 unspecified atom stereocenters. The van der Waals surface area contributed by atoms with Gasteiger partial charge in [0.15, 0.2) is 11.6 Å². The van der Waals surface area contributed by atoms with Crippen molar-refractivity contribution in [3.05, 3.63) is 29.3 Å². The van der Waals surface area contributed by atoms with Gasteiger partial charge in [0, 0.05) is 31.0 Å². The molecule has 0 heterocycles. The third-order valence-corrected chi connectivity index (χ3v) is 2.26. The topological polar surface area (TPSA) is 62.1 Å². The number of hydrogen-bond donors (Lipinski definition) is 1. The third-order valence-electron chi connectivity index (χ3n) is 2.26. The summed E-state index contributed by atoms with van der Waals surface area (Å²) in [5.74, 6) is -1.92. The second-order valence-corrected chi connectivity index (χ2v) is 3.51. The van der Waals surface area contributed by atoms with Gasteiger partial charge in [-0.1, -0.05) is 0 Å². The van der Waals surface area contributed by atoms with Crippen LogP contribution in [-0.2, 0) is 11.3 Å². The fraction of sp³-hybridized carbons (Fsp3) is 0.333. The Balaban J connectivity index is 2.66. The lowest BCUT2D eigenvalue weighted by molar-refractivity contribution is -0.121. The molecule has 0 saturated heterocycles. The number of amides is 1. The maximum atomic E-state index is 13.5. The smallest absolute Gasteiger partial charge is 0.221 e. The normalized spacial score (nSPS) is 9.67. The molecule has 1 rings (SSSR count). The minimum absolute atomic E-state index is 0.0265. The average Bonchev–Trinajstić information content (AvgIpc) is 2.36. The van der Waals surface area contributed by atoms with Gasteiger partial charge in [-0.15, -0.1) is 0 Å². The Bertz CT molecular complexity index is 484. The van der Waals surface area contributed by atoms with Gasteiger partial charge >= 0.3 is 0 Å². The summed E-state index contributed by atoms with van der Waals surface area (Å²) in [5, 5.41) is 10.7. The molecule has 1 aromatic carbocycles. The molecule has 6 heteroatoms. The molecule has 1 aromatic rings. The fourth-order valence-corrected chi connectivity index (χ4v) is 1.31. The molecule has 0 radical (unpaired) electrons. The summed E-state index contributed by atoms with van der Waals surface area (Å²) < 4.78 is 31.4. The number of carbonyl (C=O) groups excluding carboxylic acids is 1. The highest BCUT2D eigenvalue weighted by Crippen LogP contribution is 2.21. The summed E-state index contributed by atoms with van der Waals surface area (Å²) in [4.78, 5) is 11.2. The molecule has 0 aromatic heterocycles. The first-order chi connectivity index (χ1) is 8.58. The number of rotatable bonds is 5. The van der Waals surface area contributed by atoms with E-state index in [-0.39, 0.29) is 36.6 Å². The molecule has 0 aliphatic rings. The zero-order chi connectivity index (χ0) is 13.5. The molecule has 0 bridgehead atoms. The summed E-state index contributed by atoms with van der Waals surface area (Å²) >= 11 is 0. The monoisotopic (exact) mass is 254 g/mol. The van der Waals surface area contributed by atoms with Crippen molar-refractivity contribution in [2.24, 2.45) is 0 Å². The molecular weight excluding hydrogens is 242 g/mol.